The van der Waals surface area contributed by atoms with Gasteiger partial charge in [0.2, 0.25) is 0 Å². The first-order chi connectivity index (χ1) is 6.31. The zero-order chi connectivity index (χ0) is 9.94. The van der Waals surface area contributed by atoms with Gasteiger partial charge < -0.3 is 0 Å². The van der Waals surface area contributed by atoms with Crippen molar-refractivity contribution < 1.29 is 0 Å². The Morgan fingerprint density at radius 1 is 1.00 bits per heavy atom. The van der Waals surface area contributed by atoms with Crippen LogP contribution in [0.2, 0.25) is 0 Å². The van der Waals surface area contributed by atoms with E-state index >= 15 is 0 Å². The van der Waals surface area contributed by atoms with Crippen LogP contribution >= 0.6 is 22.6 Å². The molecule has 0 aliphatic heterocycles. The molecule has 0 amide bonds. The molecule has 0 bridgehead atoms. The summed E-state index contributed by atoms with van der Waals surface area (Å²) in [6.07, 6.45) is 13.2. The number of hydrogen-bond acceptors (Lipinski definition) is 0. The summed E-state index contributed by atoms with van der Waals surface area (Å²) in [6, 6.07) is 0. The van der Waals surface area contributed by atoms with Crippen LogP contribution < -0.4 is 0 Å². The maximum absolute atomic E-state index is 2.49. The predicted octanol–water partition coefficient (Wildman–Crippen LogP) is 5.47. The van der Waals surface area contributed by atoms with E-state index in [-0.39, 0.29) is 0 Å². The van der Waals surface area contributed by atoms with Crippen LogP contribution in [-0.4, -0.2) is 0 Å². The smallest absolute Gasteiger partial charge is 0.0134 e. The van der Waals surface area contributed by atoms with Gasteiger partial charge in [0.15, 0.2) is 0 Å². The molecule has 0 N–H and O–H groups in total. The van der Waals surface area contributed by atoms with E-state index in [1.807, 2.05) is 0 Å². The van der Waals surface area contributed by atoms with E-state index in [2.05, 4.69) is 42.5 Å². The topological polar surface area (TPSA) is 0 Å². The fourth-order valence-electron chi connectivity index (χ4n) is 1.30. The molecule has 13 heavy (non-hydrogen) atoms. The summed E-state index contributed by atoms with van der Waals surface area (Å²) < 4.78 is 1.57. The van der Waals surface area contributed by atoms with E-state index in [0.29, 0.717) is 0 Å². The largest absolute Gasteiger partial charge is 0.0752 e. The Morgan fingerprint density at radius 3 is 2.23 bits per heavy atom. The van der Waals surface area contributed by atoms with Crippen molar-refractivity contribution in [3.8, 4) is 0 Å². The minimum absolute atomic E-state index is 1.29. The second kappa shape index (κ2) is 10.6. The van der Waals surface area contributed by atoms with Crippen LogP contribution in [0.15, 0.2) is 9.66 Å². The molecule has 0 spiro atoms. The van der Waals surface area contributed by atoms with E-state index in [1.165, 1.54) is 51.4 Å². The van der Waals surface area contributed by atoms with Crippen LogP contribution in [0, 0.1) is 0 Å². The first-order valence-electron chi connectivity index (χ1n) is 5.65. The first kappa shape index (κ1) is 13.5. The quantitative estimate of drug-likeness (QED) is 0.411. The lowest BCUT2D eigenvalue weighted by Gasteiger charge is -1.98. The van der Waals surface area contributed by atoms with E-state index in [9.17, 15) is 0 Å². The molecule has 0 aliphatic rings. The van der Waals surface area contributed by atoms with Gasteiger partial charge in [-0.1, -0.05) is 45.6 Å². The fraction of sp³-hybridized carbons (Fsp3) is 0.833. The molecule has 0 aromatic rings. The third kappa shape index (κ3) is 10.4. The molecule has 0 radical (unpaired) electrons. The highest BCUT2D eigenvalue weighted by Crippen LogP contribution is 2.17. The summed E-state index contributed by atoms with van der Waals surface area (Å²) in [4.78, 5) is 0. The lowest BCUT2D eigenvalue weighted by Crippen LogP contribution is -1.77. The minimum Gasteiger partial charge on any atom is -0.0752 e. The number of halogens is 1. The van der Waals surface area contributed by atoms with Gasteiger partial charge in [-0.2, -0.15) is 0 Å². The summed E-state index contributed by atoms with van der Waals surface area (Å²) in [6.45, 7) is 4.52. The number of hydrogen-bond donors (Lipinski definition) is 0. The second-order valence-corrected chi connectivity index (χ2v) is 4.99. The zero-order valence-electron chi connectivity index (χ0n) is 9.11. The first-order valence-corrected chi connectivity index (χ1v) is 6.73. The molecule has 0 aromatic heterocycles. The average Bonchev–Trinajstić information content (AvgIpc) is 2.13. The van der Waals surface area contributed by atoms with E-state index in [1.54, 1.807) is 3.58 Å². The lowest BCUT2D eigenvalue weighted by atomic mass is 10.1. The number of unbranched alkanes of at least 4 members (excludes halogenated alkanes) is 5. The van der Waals surface area contributed by atoms with Gasteiger partial charge in [-0.05, 0) is 51.9 Å². The molecule has 1 heteroatoms. The third-order valence-electron chi connectivity index (χ3n) is 2.19. The molecule has 0 nitrogen and oxygen atoms in total. The third-order valence-corrected chi connectivity index (χ3v) is 3.17. The van der Waals surface area contributed by atoms with Crippen LogP contribution in [0.5, 0.6) is 0 Å². The molecule has 0 rings (SSSR count). The minimum atomic E-state index is 1.29. The normalized spacial score (nSPS) is 12.1. The number of rotatable bonds is 8. The van der Waals surface area contributed by atoms with Crippen molar-refractivity contribution in [2.45, 2.75) is 65.2 Å². The van der Waals surface area contributed by atoms with E-state index in [4.69, 9.17) is 0 Å². The van der Waals surface area contributed by atoms with Gasteiger partial charge in [0.25, 0.3) is 0 Å². The molecule has 0 fully saturated rings. The molecule has 0 saturated carbocycles. The van der Waals surface area contributed by atoms with Crippen LogP contribution in [0.3, 0.4) is 0 Å². The van der Waals surface area contributed by atoms with E-state index in [0.717, 1.165) is 0 Å². The summed E-state index contributed by atoms with van der Waals surface area (Å²) in [5, 5.41) is 0. The molecular formula is C12H23I. The molecular weight excluding hydrogens is 271 g/mol. The SMILES string of the molecule is CCCCCC=C(I)CCCCC. The van der Waals surface area contributed by atoms with Crippen molar-refractivity contribution in [3.05, 3.63) is 9.66 Å². The van der Waals surface area contributed by atoms with Crippen molar-refractivity contribution in [2.75, 3.05) is 0 Å². The van der Waals surface area contributed by atoms with Gasteiger partial charge in [0.05, 0.1) is 0 Å². The summed E-state index contributed by atoms with van der Waals surface area (Å²) in [5.74, 6) is 0. The Hall–Kier alpha value is 0.470. The van der Waals surface area contributed by atoms with Crippen LogP contribution in [-0.2, 0) is 0 Å². The zero-order valence-corrected chi connectivity index (χ0v) is 11.3. The van der Waals surface area contributed by atoms with Crippen molar-refractivity contribution in [1.29, 1.82) is 0 Å². The second-order valence-electron chi connectivity index (χ2n) is 3.60. The van der Waals surface area contributed by atoms with Gasteiger partial charge in [0.1, 0.15) is 0 Å². The van der Waals surface area contributed by atoms with Gasteiger partial charge in [0, 0.05) is 0 Å². The van der Waals surface area contributed by atoms with Crippen LogP contribution in [0.4, 0.5) is 0 Å². The Balaban J connectivity index is 3.29. The molecule has 0 aliphatic carbocycles. The van der Waals surface area contributed by atoms with Crippen molar-refractivity contribution >= 4 is 22.6 Å². The highest BCUT2D eigenvalue weighted by atomic mass is 127. The van der Waals surface area contributed by atoms with Gasteiger partial charge in [-0.3, -0.25) is 0 Å². The van der Waals surface area contributed by atoms with Crippen LogP contribution in [0.1, 0.15) is 65.2 Å². The molecule has 0 aromatic carbocycles. The molecule has 0 unspecified atom stereocenters. The Labute approximate surface area is 97.3 Å². The van der Waals surface area contributed by atoms with Crippen LogP contribution in [0.25, 0.3) is 0 Å². The van der Waals surface area contributed by atoms with Crippen molar-refractivity contribution in [3.63, 3.8) is 0 Å². The predicted molar refractivity (Wildman–Crippen MR) is 70.4 cm³/mol. The molecule has 0 atom stereocenters. The Kier molecular flexibility index (Phi) is 10.9. The summed E-state index contributed by atoms with van der Waals surface area (Å²) in [7, 11) is 0. The summed E-state index contributed by atoms with van der Waals surface area (Å²) in [5.41, 5.74) is 0. The summed E-state index contributed by atoms with van der Waals surface area (Å²) >= 11 is 2.49. The van der Waals surface area contributed by atoms with Gasteiger partial charge >= 0.3 is 0 Å². The maximum atomic E-state index is 2.49. The average molecular weight is 294 g/mol. The highest BCUT2D eigenvalue weighted by molar-refractivity contribution is 14.1. The van der Waals surface area contributed by atoms with Crippen molar-refractivity contribution in [2.24, 2.45) is 0 Å². The molecule has 0 heterocycles. The van der Waals surface area contributed by atoms with Crippen molar-refractivity contribution in [1.82, 2.24) is 0 Å². The highest BCUT2D eigenvalue weighted by Gasteiger charge is 1.91. The van der Waals surface area contributed by atoms with E-state index < -0.39 is 0 Å². The Morgan fingerprint density at radius 2 is 1.62 bits per heavy atom. The maximum Gasteiger partial charge on any atom is -0.0134 e. The van der Waals surface area contributed by atoms with Gasteiger partial charge in [-0.25, -0.2) is 0 Å². The monoisotopic (exact) mass is 294 g/mol. The Bertz CT molecular complexity index is 127. The lowest BCUT2D eigenvalue weighted by molar-refractivity contribution is 0.714. The van der Waals surface area contributed by atoms with Gasteiger partial charge in [-0.15, -0.1) is 0 Å². The fourth-order valence-corrected chi connectivity index (χ4v) is 1.99. The standard InChI is InChI=1S/C12H23I/c1-3-5-7-9-11-12(13)10-8-6-4-2/h11H,3-10H2,1-2H3. The number of allylic oxidation sites excluding steroid dienone is 2. The molecule has 0 saturated heterocycles. The molecule has 78 valence electrons.